The second kappa shape index (κ2) is 5.44. The third-order valence-electron chi connectivity index (χ3n) is 2.47. The summed E-state index contributed by atoms with van der Waals surface area (Å²) in [4.78, 5) is 0. The minimum absolute atomic E-state index is 0.279. The van der Waals surface area contributed by atoms with Gasteiger partial charge < -0.3 is 9.84 Å². The second-order valence-electron chi connectivity index (χ2n) is 3.60. The summed E-state index contributed by atoms with van der Waals surface area (Å²) in [6.07, 6.45) is 4.72. The molecule has 0 aliphatic heterocycles. The van der Waals surface area contributed by atoms with Gasteiger partial charge in [-0.2, -0.15) is 0 Å². The van der Waals surface area contributed by atoms with E-state index in [0.29, 0.717) is 5.75 Å². The van der Waals surface area contributed by atoms with Crippen LogP contribution < -0.4 is 4.74 Å². The molecule has 1 rings (SSSR count). The first kappa shape index (κ1) is 11.6. The molecule has 0 radical (unpaired) electrons. The van der Waals surface area contributed by atoms with Crippen LogP contribution in [0.2, 0.25) is 0 Å². The van der Waals surface area contributed by atoms with Gasteiger partial charge in [-0.15, -0.1) is 6.58 Å². The number of aryl methyl sites for hydroxylation is 2. The van der Waals surface area contributed by atoms with Gasteiger partial charge in [0.15, 0.2) is 11.5 Å². The van der Waals surface area contributed by atoms with E-state index in [9.17, 15) is 5.11 Å². The van der Waals surface area contributed by atoms with Gasteiger partial charge in [0.05, 0.1) is 7.11 Å². The molecule has 0 atom stereocenters. The standard InChI is InChI=1S/C13H18O2/c1-4-5-6-7-11-9-8-10(2)13(15-3)12(11)14/h4,8-9,14H,1,5-7H2,2-3H3. The Morgan fingerprint density at radius 1 is 1.47 bits per heavy atom. The molecule has 1 N–H and O–H groups in total. The SMILES string of the molecule is C=CCCCc1ccc(C)c(OC)c1O. The highest BCUT2D eigenvalue weighted by atomic mass is 16.5. The van der Waals surface area contributed by atoms with Crippen LogP contribution >= 0.6 is 0 Å². The summed E-state index contributed by atoms with van der Waals surface area (Å²) in [6, 6.07) is 3.93. The lowest BCUT2D eigenvalue weighted by Gasteiger charge is -2.11. The van der Waals surface area contributed by atoms with Crippen LogP contribution in [-0.4, -0.2) is 12.2 Å². The molecule has 2 nitrogen and oxygen atoms in total. The normalized spacial score (nSPS) is 10.0. The Bertz CT molecular complexity index is 343. The molecule has 0 saturated carbocycles. The average Bonchev–Trinajstić information content (AvgIpc) is 2.22. The number of hydrogen-bond donors (Lipinski definition) is 1. The molecule has 15 heavy (non-hydrogen) atoms. The molecule has 0 aromatic heterocycles. The van der Waals surface area contributed by atoms with Crippen LogP contribution in [0.25, 0.3) is 0 Å². The molecule has 0 amide bonds. The smallest absolute Gasteiger partial charge is 0.163 e. The van der Waals surface area contributed by atoms with Crippen molar-refractivity contribution in [2.75, 3.05) is 7.11 Å². The molecule has 0 bridgehead atoms. The van der Waals surface area contributed by atoms with Crippen molar-refractivity contribution in [3.05, 3.63) is 35.9 Å². The maximum atomic E-state index is 9.92. The van der Waals surface area contributed by atoms with Crippen LogP contribution in [0.4, 0.5) is 0 Å². The minimum atomic E-state index is 0.279. The number of phenolic OH excluding ortho intramolecular Hbond substituents is 1. The van der Waals surface area contributed by atoms with Crippen molar-refractivity contribution in [1.82, 2.24) is 0 Å². The lowest BCUT2D eigenvalue weighted by molar-refractivity contribution is 0.368. The van der Waals surface area contributed by atoms with Gasteiger partial charge in [0.25, 0.3) is 0 Å². The van der Waals surface area contributed by atoms with Crippen molar-refractivity contribution < 1.29 is 9.84 Å². The first-order valence-corrected chi connectivity index (χ1v) is 5.17. The highest BCUT2D eigenvalue weighted by molar-refractivity contribution is 5.50. The van der Waals surface area contributed by atoms with E-state index in [1.807, 2.05) is 25.1 Å². The first-order chi connectivity index (χ1) is 7.20. The van der Waals surface area contributed by atoms with Gasteiger partial charge in [-0.05, 0) is 37.3 Å². The van der Waals surface area contributed by atoms with Crippen molar-refractivity contribution in [3.8, 4) is 11.5 Å². The molecule has 0 unspecified atom stereocenters. The Morgan fingerprint density at radius 2 is 2.20 bits per heavy atom. The predicted molar refractivity (Wildman–Crippen MR) is 62.5 cm³/mol. The fourth-order valence-electron chi connectivity index (χ4n) is 1.61. The Labute approximate surface area is 91.2 Å². The zero-order chi connectivity index (χ0) is 11.3. The molecular weight excluding hydrogens is 188 g/mol. The average molecular weight is 206 g/mol. The van der Waals surface area contributed by atoms with Crippen molar-refractivity contribution in [3.63, 3.8) is 0 Å². The monoisotopic (exact) mass is 206 g/mol. The van der Waals surface area contributed by atoms with E-state index in [1.54, 1.807) is 7.11 Å². The van der Waals surface area contributed by atoms with E-state index in [-0.39, 0.29) is 5.75 Å². The first-order valence-electron chi connectivity index (χ1n) is 5.17. The molecule has 1 aromatic carbocycles. The van der Waals surface area contributed by atoms with E-state index in [1.165, 1.54) is 0 Å². The van der Waals surface area contributed by atoms with Crippen LogP contribution in [0.3, 0.4) is 0 Å². The molecule has 0 saturated heterocycles. The van der Waals surface area contributed by atoms with Crippen LogP contribution in [0.1, 0.15) is 24.0 Å². The van der Waals surface area contributed by atoms with Gasteiger partial charge in [0.1, 0.15) is 0 Å². The number of aromatic hydroxyl groups is 1. The maximum Gasteiger partial charge on any atom is 0.163 e. The van der Waals surface area contributed by atoms with E-state index in [2.05, 4.69) is 6.58 Å². The van der Waals surface area contributed by atoms with Gasteiger partial charge in [0, 0.05) is 0 Å². The Balaban J connectivity index is 2.85. The van der Waals surface area contributed by atoms with Crippen LogP contribution in [0.15, 0.2) is 24.8 Å². The second-order valence-corrected chi connectivity index (χ2v) is 3.60. The van der Waals surface area contributed by atoms with Gasteiger partial charge >= 0.3 is 0 Å². The molecule has 0 aliphatic carbocycles. The topological polar surface area (TPSA) is 29.5 Å². The molecule has 1 aromatic rings. The third-order valence-corrected chi connectivity index (χ3v) is 2.47. The quantitative estimate of drug-likeness (QED) is 0.592. The number of hydrogen-bond acceptors (Lipinski definition) is 2. The third kappa shape index (κ3) is 2.75. The Hall–Kier alpha value is -1.44. The van der Waals surface area contributed by atoms with Crippen LogP contribution in [-0.2, 0) is 6.42 Å². The number of benzene rings is 1. The zero-order valence-electron chi connectivity index (χ0n) is 9.42. The van der Waals surface area contributed by atoms with Gasteiger partial charge in [-0.1, -0.05) is 18.2 Å². The highest BCUT2D eigenvalue weighted by Gasteiger charge is 2.09. The van der Waals surface area contributed by atoms with E-state index in [4.69, 9.17) is 4.74 Å². The number of methoxy groups -OCH3 is 1. The molecular formula is C13H18O2. The summed E-state index contributed by atoms with van der Waals surface area (Å²) in [5, 5.41) is 9.92. The van der Waals surface area contributed by atoms with Crippen molar-refractivity contribution >= 4 is 0 Å². The lowest BCUT2D eigenvalue weighted by Crippen LogP contribution is -1.92. The summed E-state index contributed by atoms with van der Waals surface area (Å²) >= 11 is 0. The minimum Gasteiger partial charge on any atom is -0.504 e. The molecule has 0 fully saturated rings. The van der Waals surface area contributed by atoms with Gasteiger partial charge in [-0.25, -0.2) is 0 Å². The number of ether oxygens (including phenoxy) is 1. The number of phenols is 1. The van der Waals surface area contributed by atoms with E-state index < -0.39 is 0 Å². The van der Waals surface area contributed by atoms with Crippen LogP contribution in [0, 0.1) is 6.92 Å². The molecule has 0 spiro atoms. The molecule has 0 aliphatic rings. The summed E-state index contributed by atoms with van der Waals surface area (Å²) < 4.78 is 5.15. The van der Waals surface area contributed by atoms with Crippen molar-refractivity contribution in [1.29, 1.82) is 0 Å². The lowest BCUT2D eigenvalue weighted by atomic mass is 10.0. The van der Waals surface area contributed by atoms with Gasteiger partial charge in [-0.3, -0.25) is 0 Å². The summed E-state index contributed by atoms with van der Waals surface area (Å²) in [5.41, 5.74) is 1.90. The predicted octanol–water partition coefficient (Wildman–Crippen LogP) is 3.22. The number of unbranched alkanes of at least 4 members (excludes halogenated alkanes) is 1. The van der Waals surface area contributed by atoms with Gasteiger partial charge in [0.2, 0.25) is 0 Å². The summed E-state index contributed by atoms with van der Waals surface area (Å²) in [5.74, 6) is 0.868. The number of allylic oxidation sites excluding steroid dienone is 1. The van der Waals surface area contributed by atoms with E-state index >= 15 is 0 Å². The van der Waals surface area contributed by atoms with E-state index in [0.717, 1.165) is 30.4 Å². The maximum absolute atomic E-state index is 9.92. The molecule has 0 heterocycles. The Kier molecular flexibility index (Phi) is 4.22. The van der Waals surface area contributed by atoms with Crippen molar-refractivity contribution in [2.24, 2.45) is 0 Å². The summed E-state index contributed by atoms with van der Waals surface area (Å²) in [6.45, 7) is 5.60. The summed E-state index contributed by atoms with van der Waals surface area (Å²) in [7, 11) is 1.58. The highest BCUT2D eigenvalue weighted by Crippen LogP contribution is 2.33. The largest absolute Gasteiger partial charge is 0.504 e. The fraction of sp³-hybridized carbons (Fsp3) is 0.385. The van der Waals surface area contributed by atoms with Crippen LogP contribution in [0.5, 0.6) is 11.5 Å². The zero-order valence-corrected chi connectivity index (χ0v) is 9.42. The Morgan fingerprint density at radius 3 is 2.80 bits per heavy atom. The van der Waals surface area contributed by atoms with Crippen molar-refractivity contribution in [2.45, 2.75) is 26.2 Å². The molecule has 82 valence electrons. The number of rotatable bonds is 5. The fourth-order valence-corrected chi connectivity index (χ4v) is 1.61. The molecule has 2 heteroatoms.